The predicted octanol–water partition coefficient (Wildman–Crippen LogP) is 2.04. The van der Waals surface area contributed by atoms with Crippen LogP contribution in [-0.2, 0) is 11.2 Å². The van der Waals surface area contributed by atoms with E-state index in [4.69, 9.17) is 0 Å². The zero-order chi connectivity index (χ0) is 16.2. The Hall–Kier alpha value is -1.10. The maximum Gasteiger partial charge on any atom is 0.234 e. The fourth-order valence-electron chi connectivity index (χ4n) is 3.81. The Kier molecular flexibility index (Phi) is 7.08. The molecule has 5 heteroatoms. The van der Waals surface area contributed by atoms with E-state index < -0.39 is 0 Å². The van der Waals surface area contributed by atoms with Gasteiger partial charge in [-0.25, -0.2) is 0 Å². The molecule has 2 aliphatic rings. The number of nitrogens with one attached hydrogen (secondary N) is 1. The minimum atomic E-state index is 0. The number of amides is 1. The molecule has 24 heavy (non-hydrogen) atoms. The Morgan fingerprint density at radius 2 is 1.92 bits per heavy atom. The summed E-state index contributed by atoms with van der Waals surface area (Å²) in [5, 5.41) is 3.07. The van der Waals surface area contributed by atoms with Crippen LogP contribution in [0.2, 0.25) is 0 Å². The number of hydrogen-bond acceptors (Lipinski definition) is 3. The summed E-state index contributed by atoms with van der Waals surface area (Å²) < 4.78 is 0. The van der Waals surface area contributed by atoms with Crippen molar-refractivity contribution < 1.29 is 4.79 Å². The van der Waals surface area contributed by atoms with Crippen LogP contribution >= 0.6 is 12.4 Å². The van der Waals surface area contributed by atoms with E-state index in [0.717, 1.165) is 37.9 Å². The van der Waals surface area contributed by atoms with Gasteiger partial charge in [-0.2, -0.15) is 0 Å². The lowest BCUT2D eigenvalue weighted by Gasteiger charge is -2.24. The highest BCUT2D eigenvalue weighted by molar-refractivity contribution is 5.85. The molecule has 1 N–H and O–H groups in total. The molecule has 1 saturated carbocycles. The van der Waals surface area contributed by atoms with Crippen molar-refractivity contribution in [3.05, 3.63) is 35.9 Å². The van der Waals surface area contributed by atoms with Gasteiger partial charge >= 0.3 is 0 Å². The van der Waals surface area contributed by atoms with Crippen LogP contribution in [0.25, 0.3) is 0 Å². The number of hydrogen-bond donors (Lipinski definition) is 1. The fraction of sp³-hybridized carbons (Fsp3) is 0.632. The second-order valence-corrected chi connectivity index (χ2v) is 7.31. The summed E-state index contributed by atoms with van der Waals surface area (Å²) in [4.78, 5) is 16.9. The van der Waals surface area contributed by atoms with Crippen LogP contribution in [0.3, 0.4) is 0 Å². The van der Waals surface area contributed by atoms with Crippen molar-refractivity contribution in [2.45, 2.75) is 25.3 Å². The Bertz CT molecular complexity index is 509. The van der Waals surface area contributed by atoms with Crippen LogP contribution in [0, 0.1) is 11.8 Å². The third-order valence-electron chi connectivity index (χ3n) is 5.25. The lowest BCUT2D eigenvalue weighted by molar-refractivity contribution is -0.122. The molecule has 1 aromatic rings. The van der Waals surface area contributed by atoms with Crippen LogP contribution in [0.4, 0.5) is 0 Å². The number of likely N-dealkylation sites (tertiary alicyclic amines) is 1. The number of likely N-dealkylation sites (N-methyl/N-ethyl adjacent to an activating group) is 1. The van der Waals surface area contributed by atoms with Gasteiger partial charge < -0.3 is 10.2 Å². The predicted molar refractivity (Wildman–Crippen MR) is 101 cm³/mol. The van der Waals surface area contributed by atoms with Crippen molar-refractivity contribution in [1.29, 1.82) is 0 Å². The van der Waals surface area contributed by atoms with Crippen molar-refractivity contribution in [3.8, 4) is 0 Å². The third kappa shape index (κ3) is 5.20. The molecule has 2 fully saturated rings. The van der Waals surface area contributed by atoms with E-state index in [1.54, 1.807) is 0 Å². The highest BCUT2D eigenvalue weighted by Gasteiger charge is 2.43. The molecule has 1 aliphatic carbocycles. The summed E-state index contributed by atoms with van der Waals surface area (Å²) >= 11 is 0. The summed E-state index contributed by atoms with van der Waals surface area (Å²) in [6.07, 6.45) is 3.66. The maximum absolute atomic E-state index is 12.2. The second kappa shape index (κ2) is 8.84. The van der Waals surface area contributed by atoms with Gasteiger partial charge in [-0.05, 0) is 50.8 Å². The molecule has 0 spiro atoms. The van der Waals surface area contributed by atoms with Gasteiger partial charge in [0, 0.05) is 25.7 Å². The zero-order valence-corrected chi connectivity index (χ0v) is 15.6. The zero-order valence-electron chi connectivity index (χ0n) is 14.8. The van der Waals surface area contributed by atoms with Crippen LogP contribution in [0.15, 0.2) is 30.3 Å². The number of carbonyl (C=O) groups excluding carboxylic acids is 1. The standard InChI is InChI=1S/C19H29N3O.ClH/c1-21(2)18-13-22(12-17(18)16-8-9-16)14-19(23)20-11-10-15-6-4-3-5-7-15;/h3-7,16-18H,8-14H2,1-2H3,(H,20,23);1H/t17-,18+;/m1./s1. The topological polar surface area (TPSA) is 35.6 Å². The first kappa shape index (κ1) is 19.2. The number of halogens is 1. The highest BCUT2D eigenvalue weighted by Crippen LogP contribution is 2.42. The van der Waals surface area contributed by atoms with Gasteiger partial charge in [0.25, 0.3) is 0 Å². The molecule has 1 saturated heterocycles. The molecule has 2 atom stereocenters. The molecule has 3 rings (SSSR count). The molecular formula is C19H30ClN3O. The molecule has 0 aromatic heterocycles. The first-order valence-corrected chi connectivity index (χ1v) is 8.83. The molecule has 1 heterocycles. The molecule has 0 bridgehead atoms. The number of rotatable bonds is 7. The van der Waals surface area contributed by atoms with Crippen molar-refractivity contribution in [1.82, 2.24) is 15.1 Å². The summed E-state index contributed by atoms with van der Waals surface area (Å²) in [5.41, 5.74) is 1.27. The van der Waals surface area contributed by atoms with Gasteiger partial charge in [-0.15, -0.1) is 12.4 Å². The van der Waals surface area contributed by atoms with Gasteiger partial charge in [0.15, 0.2) is 0 Å². The molecular weight excluding hydrogens is 322 g/mol. The monoisotopic (exact) mass is 351 g/mol. The molecule has 0 unspecified atom stereocenters. The van der Waals surface area contributed by atoms with E-state index in [2.05, 4.69) is 41.3 Å². The molecule has 0 radical (unpaired) electrons. The van der Waals surface area contributed by atoms with Crippen LogP contribution < -0.4 is 5.32 Å². The first-order chi connectivity index (χ1) is 11.1. The minimum absolute atomic E-state index is 0. The average molecular weight is 352 g/mol. The van der Waals surface area contributed by atoms with Crippen molar-refractivity contribution >= 4 is 18.3 Å². The third-order valence-corrected chi connectivity index (χ3v) is 5.25. The van der Waals surface area contributed by atoms with E-state index in [0.29, 0.717) is 12.6 Å². The summed E-state index contributed by atoms with van der Waals surface area (Å²) in [7, 11) is 4.34. The maximum atomic E-state index is 12.2. The Labute approximate surface area is 152 Å². The van der Waals surface area contributed by atoms with Gasteiger partial charge in [0.05, 0.1) is 6.54 Å². The van der Waals surface area contributed by atoms with E-state index in [1.807, 2.05) is 18.2 Å². The largest absolute Gasteiger partial charge is 0.355 e. The number of benzene rings is 1. The SMILES string of the molecule is CN(C)[C@H]1CN(CC(=O)NCCc2ccccc2)C[C@@H]1C1CC1.Cl. The van der Waals surface area contributed by atoms with Crippen LogP contribution in [-0.4, -0.2) is 62.0 Å². The lowest BCUT2D eigenvalue weighted by atomic mass is 9.97. The van der Waals surface area contributed by atoms with Crippen molar-refractivity contribution in [2.75, 3.05) is 40.3 Å². The van der Waals surface area contributed by atoms with Gasteiger partial charge in [-0.1, -0.05) is 30.3 Å². The quantitative estimate of drug-likeness (QED) is 0.816. The average Bonchev–Trinajstić information content (AvgIpc) is 3.29. The van der Waals surface area contributed by atoms with E-state index >= 15 is 0 Å². The van der Waals surface area contributed by atoms with Crippen molar-refractivity contribution in [2.24, 2.45) is 11.8 Å². The van der Waals surface area contributed by atoms with Crippen LogP contribution in [0.5, 0.6) is 0 Å². The van der Waals surface area contributed by atoms with Gasteiger partial charge in [-0.3, -0.25) is 9.69 Å². The highest BCUT2D eigenvalue weighted by atomic mass is 35.5. The number of nitrogens with zero attached hydrogens (tertiary/aromatic N) is 2. The van der Waals surface area contributed by atoms with E-state index in [9.17, 15) is 4.79 Å². The molecule has 1 aromatic carbocycles. The molecule has 134 valence electrons. The molecule has 1 aliphatic heterocycles. The second-order valence-electron chi connectivity index (χ2n) is 7.31. The fourth-order valence-corrected chi connectivity index (χ4v) is 3.81. The normalized spacial score (nSPS) is 24.0. The Morgan fingerprint density at radius 3 is 2.54 bits per heavy atom. The Morgan fingerprint density at radius 1 is 1.21 bits per heavy atom. The van der Waals surface area contributed by atoms with Crippen LogP contribution in [0.1, 0.15) is 18.4 Å². The summed E-state index contributed by atoms with van der Waals surface area (Å²) in [5.74, 6) is 1.81. The van der Waals surface area contributed by atoms with E-state index in [1.165, 1.54) is 18.4 Å². The molecule has 1 amide bonds. The smallest absolute Gasteiger partial charge is 0.234 e. The minimum Gasteiger partial charge on any atom is -0.355 e. The van der Waals surface area contributed by atoms with Gasteiger partial charge in [0.1, 0.15) is 0 Å². The van der Waals surface area contributed by atoms with Gasteiger partial charge in [0.2, 0.25) is 5.91 Å². The number of carbonyl (C=O) groups is 1. The molecule has 4 nitrogen and oxygen atoms in total. The Balaban J connectivity index is 0.00000208. The van der Waals surface area contributed by atoms with Crippen molar-refractivity contribution in [3.63, 3.8) is 0 Å². The van der Waals surface area contributed by atoms with E-state index in [-0.39, 0.29) is 18.3 Å². The lowest BCUT2D eigenvalue weighted by Crippen LogP contribution is -2.39. The first-order valence-electron chi connectivity index (χ1n) is 8.83. The summed E-state index contributed by atoms with van der Waals surface area (Å²) in [6, 6.07) is 10.9. The summed E-state index contributed by atoms with van der Waals surface area (Å²) in [6.45, 7) is 3.38.